The van der Waals surface area contributed by atoms with E-state index in [1.54, 1.807) is 0 Å². The molecule has 2 heterocycles. The Bertz CT molecular complexity index is 873. The van der Waals surface area contributed by atoms with Crippen molar-refractivity contribution in [1.29, 1.82) is 0 Å². The number of carbonyl (C=O) groups excluding carboxylic acids is 1. The van der Waals surface area contributed by atoms with Crippen molar-refractivity contribution in [2.45, 2.75) is 31.8 Å². The Morgan fingerprint density at radius 1 is 1.22 bits per heavy atom. The van der Waals surface area contributed by atoms with Gasteiger partial charge >= 0.3 is 0 Å². The van der Waals surface area contributed by atoms with E-state index in [-0.39, 0.29) is 11.5 Å². The van der Waals surface area contributed by atoms with Crippen LogP contribution in [0.15, 0.2) is 34.2 Å². The molecule has 0 saturated carbocycles. The van der Waals surface area contributed by atoms with Crippen LogP contribution in [0.4, 0.5) is 5.69 Å². The summed E-state index contributed by atoms with van der Waals surface area (Å²) in [5.41, 5.74) is 3.64. The smallest absolute Gasteiger partial charge is 0.254 e. The molecule has 1 N–H and O–H groups in total. The summed E-state index contributed by atoms with van der Waals surface area (Å²) >= 11 is 1.41. The zero-order chi connectivity index (χ0) is 19.4. The SMILES string of the molecule is CSc1nc(C)c(CCC(=O)N2CCN(c3cccc(C)c3)CC2)c(=O)[nH]1. The van der Waals surface area contributed by atoms with Gasteiger partial charge in [-0.3, -0.25) is 9.59 Å². The molecule has 0 radical (unpaired) electrons. The number of nitrogens with zero attached hydrogens (tertiary/aromatic N) is 3. The van der Waals surface area contributed by atoms with Crippen LogP contribution >= 0.6 is 11.8 Å². The maximum atomic E-state index is 12.6. The predicted octanol–water partition coefficient (Wildman–Crippen LogP) is 2.39. The summed E-state index contributed by atoms with van der Waals surface area (Å²) in [4.78, 5) is 36.1. The van der Waals surface area contributed by atoms with Crippen LogP contribution in [0.5, 0.6) is 0 Å². The molecule has 6 nitrogen and oxygen atoms in total. The van der Waals surface area contributed by atoms with Crippen LogP contribution in [0.1, 0.15) is 23.2 Å². The fourth-order valence-electron chi connectivity index (χ4n) is 3.40. The Kier molecular flexibility index (Phi) is 6.21. The van der Waals surface area contributed by atoms with Gasteiger partial charge in [-0.1, -0.05) is 23.9 Å². The minimum Gasteiger partial charge on any atom is -0.368 e. The van der Waals surface area contributed by atoms with Crippen molar-refractivity contribution in [2.24, 2.45) is 0 Å². The standard InChI is InChI=1S/C20H26N4O2S/c1-14-5-4-6-16(13-14)23-9-11-24(12-10-23)18(25)8-7-17-15(2)21-20(27-3)22-19(17)26/h4-6,13H,7-12H2,1-3H3,(H,21,22,26). The van der Waals surface area contributed by atoms with Crippen molar-refractivity contribution in [2.75, 3.05) is 37.3 Å². The Morgan fingerprint density at radius 3 is 2.59 bits per heavy atom. The molecule has 1 aromatic carbocycles. The molecule has 1 aliphatic rings. The number of nitrogens with one attached hydrogen (secondary N) is 1. The number of benzene rings is 1. The van der Waals surface area contributed by atoms with Crippen molar-refractivity contribution in [3.63, 3.8) is 0 Å². The number of H-pyrrole nitrogens is 1. The number of anilines is 1. The van der Waals surface area contributed by atoms with E-state index in [0.29, 0.717) is 42.3 Å². The first-order chi connectivity index (χ1) is 13.0. The second kappa shape index (κ2) is 8.61. The van der Waals surface area contributed by atoms with E-state index in [1.807, 2.05) is 18.1 Å². The minimum absolute atomic E-state index is 0.103. The van der Waals surface area contributed by atoms with Crippen molar-refractivity contribution < 1.29 is 4.79 Å². The van der Waals surface area contributed by atoms with Gasteiger partial charge in [0, 0.05) is 49.5 Å². The van der Waals surface area contributed by atoms with Crippen molar-refractivity contribution in [1.82, 2.24) is 14.9 Å². The van der Waals surface area contributed by atoms with Crippen LogP contribution in [-0.2, 0) is 11.2 Å². The van der Waals surface area contributed by atoms with Crippen LogP contribution < -0.4 is 10.5 Å². The Hall–Kier alpha value is -2.28. The normalized spacial score (nSPS) is 14.5. The van der Waals surface area contributed by atoms with Crippen LogP contribution in [0.2, 0.25) is 0 Å². The number of aromatic amines is 1. The highest BCUT2D eigenvalue weighted by molar-refractivity contribution is 7.98. The molecular weight excluding hydrogens is 360 g/mol. The molecule has 2 aromatic rings. The van der Waals surface area contributed by atoms with Gasteiger partial charge in [0.05, 0.1) is 0 Å². The van der Waals surface area contributed by atoms with Gasteiger partial charge < -0.3 is 14.8 Å². The van der Waals surface area contributed by atoms with E-state index in [2.05, 4.69) is 46.1 Å². The largest absolute Gasteiger partial charge is 0.368 e. The van der Waals surface area contributed by atoms with Gasteiger partial charge in [-0.25, -0.2) is 4.98 Å². The maximum Gasteiger partial charge on any atom is 0.254 e. The summed E-state index contributed by atoms with van der Waals surface area (Å²) in [6, 6.07) is 8.45. The minimum atomic E-state index is -0.135. The van der Waals surface area contributed by atoms with Crippen molar-refractivity contribution >= 4 is 23.4 Å². The topological polar surface area (TPSA) is 69.3 Å². The zero-order valence-electron chi connectivity index (χ0n) is 16.1. The highest BCUT2D eigenvalue weighted by atomic mass is 32.2. The summed E-state index contributed by atoms with van der Waals surface area (Å²) in [6.07, 6.45) is 2.64. The predicted molar refractivity (Wildman–Crippen MR) is 110 cm³/mol. The maximum absolute atomic E-state index is 12.6. The van der Waals surface area contributed by atoms with E-state index in [9.17, 15) is 9.59 Å². The van der Waals surface area contributed by atoms with Gasteiger partial charge in [-0.05, 0) is 44.2 Å². The number of piperazine rings is 1. The number of amides is 1. The Morgan fingerprint density at radius 2 is 1.96 bits per heavy atom. The summed E-state index contributed by atoms with van der Waals surface area (Å²) in [6.45, 7) is 7.01. The number of thioether (sulfide) groups is 1. The second-order valence-corrected chi connectivity index (χ2v) is 7.64. The first kappa shape index (κ1) is 19.5. The number of hydrogen-bond donors (Lipinski definition) is 1. The van der Waals surface area contributed by atoms with Crippen LogP contribution in [0.25, 0.3) is 0 Å². The number of rotatable bonds is 5. The molecular formula is C20H26N4O2S. The number of hydrogen-bond acceptors (Lipinski definition) is 5. The molecule has 0 unspecified atom stereocenters. The lowest BCUT2D eigenvalue weighted by molar-refractivity contribution is -0.131. The quantitative estimate of drug-likeness (QED) is 0.631. The van der Waals surface area contributed by atoms with Crippen molar-refractivity contribution in [3.8, 4) is 0 Å². The molecule has 1 amide bonds. The average Bonchev–Trinajstić information content (AvgIpc) is 2.67. The van der Waals surface area contributed by atoms with E-state index in [4.69, 9.17) is 0 Å². The summed E-state index contributed by atoms with van der Waals surface area (Å²) in [5.74, 6) is 0.103. The van der Waals surface area contributed by atoms with E-state index in [1.165, 1.54) is 23.0 Å². The zero-order valence-corrected chi connectivity index (χ0v) is 16.9. The van der Waals surface area contributed by atoms with Gasteiger partial charge in [-0.2, -0.15) is 0 Å². The average molecular weight is 387 g/mol. The van der Waals surface area contributed by atoms with Gasteiger partial charge in [0.1, 0.15) is 0 Å². The fraction of sp³-hybridized carbons (Fsp3) is 0.450. The van der Waals surface area contributed by atoms with Crippen molar-refractivity contribution in [3.05, 3.63) is 51.4 Å². The molecule has 144 valence electrons. The number of aromatic nitrogens is 2. The molecule has 1 aromatic heterocycles. The van der Waals surface area contributed by atoms with E-state index >= 15 is 0 Å². The number of carbonyl (C=O) groups is 1. The first-order valence-corrected chi connectivity index (χ1v) is 10.4. The highest BCUT2D eigenvalue weighted by Crippen LogP contribution is 2.18. The second-order valence-electron chi connectivity index (χ2n) is 6.85. The highest BCUT2D eigenvalue weighted by Gasteiger charge is 2.21. The molecule has 0 aliphatic carbocycles. The number of aryl methyl sites for hydroxylation is 2. The molecule has 0 atom stereocenters. The molecule has 7 heteroatoms. The summed E-state index contributed by atoms with van der Waals surface area (Å²) in [7, 11) is 0. The Labute approximate surface area is 164 Å². The molecule has 1 aliphatic heterocycles. The third-order valence-electron chi connectivity index (χ3n) is 4.98. The van der Waals surface area contributed by atoms with Gasteiger partial charge in [0.15, 0.2) is 5.16 Å². The third-order valence-corrected chi connectivity index (χ3v) is 5.56. The van der Waals surface area contributed by atoms with Crippen LogP contribution in [0.3, 0.4) is 0 Å². The van der Waals surface area contributed by atoms with E-state index in [0.717, 1.165) is 13.1 Å². The fourth-order valence-corrected chi connectivity index (χ4v) is 3.83. The van der Waals surface area contributed by atoms with E-state index < -0.39 is 0 Å². The first-order valence-electron chi connectivity index (χ1n) is 9.21. The summed E-state index contributed by atoms with van der Waals surface area (Å²) in [5, 5.41) is 0.611. The molecule has 1 fully saturated rings. The Balaban J connectivity index is 1.55. The van der Waals surface area contributed by atoms with Crippen LogP contribution in [0, 0.1) is 13.8 Å². The van der Waals surface area contributed by atoms with Crippen LogP contribution in [-0.4, -0.2) is 53.2 Å². The summed E-state index contributed by atoms with van der Waals surface area (Å²) < 4.78 is 0. The lowest BCUT2D eigenvalue weighted by Gasteiger charge is -2.36. The van der Waals surface area contributed by atoms with Gasteiger partial charge in [0.2, 0.25) is 5.91 Å². The van der Waals surface area contributed by atoms with Gasteiger partial charge in [-0.15, -0.1) is 0 Å². The molecule has 27 heavy (non-hydrogen) atoms. The van der Waals surface area contributed by atoms with Gasteiger partial charge in [0.25, 0.3) is 5.56 Å². The molecule has 0 spiro atoms. The lowest BCUT2D eigenvalue weighted by atomic mass is 10.1. The molecule has 3 rings (SSSR count). The lowest BCUT2D eigenvalue weighted by Crippen LogP contribution is -2.48. The molecule has 1 saturated heterocycles. The third kappa shape index (κ3) is 4.71. The monoisotopic (exact) mass is 386 g/mol. The molecule has 0 bridgehead atoms.